The maximum absolute atomic E-state index is 12.0. The number of H-pyrrole nitrogens is 1. The van der Waals surface area contributed by atoms with Gasteiger partial charge in [-0.2, -0.15) is 5.21 Å². The lowest BCUT2D eigenvalue weighted by Gasteiger charge is -2.18. The van der Waals surface area contributed by atoms with Gasteiger partial charge in [-0.3, -0.25) is 4.79 Å². The summed E-state index contributed by atoms with van der Waals surface area (Å²) < 4.78 is 5.66. The van der Waals surface area contributed by atoms with E-state index >= 15 is 0 Å². The van der Waals surface area contributed by atoms with Crippen molar-refractivity contribution >= 4 is 5.97 Å². The predicted molar refractivity (Wildman–Crippen MR) is 107 cm³/mol. The van der Waals surface area contributed by atoms with Crippen molar-refractivity contribution in [3.8, 4) is 22.5 Å². The van der Waals surface area contributed by atoms with E-state index in [1.54, 1.807) is 0 Å². The number of unbranched alkanes of at least 4 members (excludes halogenated alkanes) is 1. The lowest BCUT2D eigenvalue weighted by molar-refractivity contribution is -0.149. The molecule has 0 saturated carbocycles. The van der Waals surface area contributed by atoms with Crippen LogP contribution in [-0.4, -0.2) is 33.1 Å². The van der Waals surface area contributed by atoms with Gasteiger partial charge in [-0.1, -0.05) is 61.9 Å². The third kappa shape index (κ3) is 4.80. The summed E-state index contributed by atoms with van der Waals surface area (Å²) in [6.07, 6.45) is 2.51. The molecule has 7 nitrogen and oxygen atoms in total. The molecule has 0 aliphatic rings. The number of tetrazole rings is 1. The molecule has 0 radical (unpaired) electrons. The molecule has 3 N–H and O–H groups in total. The number of aromatic amines is 1. The molecule has 0 amide bonds. The molecule has 146 valence electrons. The number of hydrogen-bond donors (Lipinski definition) is 2. The Hall–Kier alpha value is -3.06. The molecular formula is C21H25N5O2. The van der Waals surface area contributed by atoms with Gasteiger partial charge in [0.2, 0.25) is 5.82 Å². The van der Waals surface area contributed by atoms with Crippen LogP contribution < -0.4 is 5.73 Å². The summed E-state index contributed by atoms with van der Waals surface area (Å²) in [6.45, 7) is 2.50. The van der Waals surface area contributed by atoms with Crippen LogP contribution in [0.4, 0.5) is 0 Å². The molecule has 3 rings (SSSR count). The molecule has 28 heavy (non-hydrogen) atoms. The molecule has 0 aliphatic carbocycles. The molecule has 2 aromatic carbocycles. The zero-order chi connectivity index (χ0) is 19.8. The highest BCUT2D eigenvalue weighted by molar-refractivity contribution is 5.80. The van der Waals surface area contributed by atoms with Crippen molar-refractivity contribution in [3.63, 3.8) is 0 Å². The fraction of sp³-hybridized carbons (Fsp3) is 0.333. The minimum Gasteiger partial charge on any atom is -0.457 e. The second-order valence-electron chi connectivity index (χ2n) is 6.56. The molecule has 3 aromatic rings. The van der Waals surface area contributed by atoms with Gasteiger partial charge in [0.05, 0.1) is 0 Å². The molecule has 0 spiro atoms. The third-order valence-electron chi connectivity index (χ3n) is 4.54. The van der Waals surface area contributed by atoms with Crippen LogP contribution in [0.1, 0.15) is 44.3 Å². The number of ether oxygens (including phenoxy) is 1. The lowest BCUT2D eigenvalue weighted by Crippen LogP contribution is -2.15. The largest absolute Gasteiger partial charge is 0.457 e. The molecule has 1 atom stereocenters. The van der Waals surface area contributed by atoms with E-state index in [2.05, 4.69) is 27.5 Å². The van der Waals surface area contributed by atoms with Gasteiger partial charge < -0.3 is 10.5 Å². The maximum atomic E-state index is 12.0. The van der Waals surface area contributed by atoms with Crippen LogP contribution in [0.5, 0.6) is 0 Å². The molecule has 1 aromatic heterocycles. The van der Waals surface area contributed by atoms with E-state index in [9.17, 15) is 4.79 Å². The number of nitrogens with zero attached hydrogens (tertiary/aromatic N) is 3. The van der Waals surface area contributed by atoms with E-state index in [4.69, 9.17) is 10.5 Å². The van der Waals surface area contributed by atoms with E-state index in [0.29, 0.717) is 25.2 Å². The highest BCUT2D eigenvalue weighted by Gasteiger charge is 2.17. The third-order valence-corrected chi connectivity index (χ3v) is 4.54. The highest BCUT2D eigenvalue weighted by Crippen LogP contribution is 2.31. The van der Waals surface area contributed by atoms with Gasteiger partial charge in [-0.15, -0.1) is 10.2 Å². The van der Waals surface area contributed by atoms with Crippen LogP contribution in [0.3, 0.4) is 0 Å². The van der Waals surface area contributed by atoms with Crippen molar-refractivity contribution in [2.24, 2.45) is 5.73 Å². The van der Waals surface area contributed by atoms with Gasteiger partial charge in [-0.25, -0.2) is 0 Å². The molecule has 7 heteroatoms. The second-order valence-corrected chi connectivity index (χ2v) is 6.56. The summed E-state index contributed by atoms with van der Waals surface area (Å²) in [5.74, 6) is 0.373. The monoisotopic (exact) mass is 379 g/mol. The molecule has 0 saturated heterocycles. The van der Waals surface area contributed by atoms with Crippen LogP contribution in [0.2, 0.25) is 0 Å². The first-order valence-electron chi connectivity index (χ1n) is 9.55. The number of rotatable bonds is 9. The summed E-state index contributed by atoms with van der Waals surface area (Å²) in [5, 5.41) is 14.3. The fourth-order valence-corrected chi connectivity index (χ4v) is 3.07. The van der Waals surface area contributed by atoms with E-state index < -0.39 is 0 Å². The summed E-state index contributed by atoms with van der Waals surface area (Å²) in [5.41, 5.74) is 9.59. The quantitative estimate of drug-likeness (QED) is 0.550. The number of nitrogens with one attached hydrogen (secondary N) is 1. The standard InChI is InChI=1S/C21H25N5O2/c1-2-3-8-20(27)28-19(13-14-22)16-11-9-15(10-12-16)17-6-4-5-7-18(17)21-23-25-26-24-21/h4-7,9-12,19H,2-3,8,13-14,22H2,1H3,(H,23,24,25,26). The number of carbonyl (C=O) groups excluding carboxylic acids is 1. The first-order valence-corrected chi connectivity index (χ1v) is 9.55. The second kappa shape index (κ2) is 9.75. The molecule has 1 unspecified atom stereocenters. The Bertz CT molecular complexity index is 878. The number of esters is 1. The molecular weight excluding hydrogens is 354 g/mol. The van der Waals surface area contributed by atoms with Crippen molar-refractivity contribution in [2.75, 3.05) is 6.54 Å². The normalized spacial score (nSPS) is 11.9. The van der Waals surface area contributed by atoms with Gasteiger partial charge >= 0.3 is 5.97 Å². The van der Waals surface area contributed by atoms with Crippen molar-refractivity contribution in [1.29, 1.82) is 0 Å². The lowest BCUT2D eigenvalue weighted by atomic mass is 9.96. The SMILES string of the molecule is CCCCC(=O)OC(CCN)c1ccc(-c2ccccc2-c2nn[nH]n2)cc1. The van der Waals surface area contributed by atoms with Gasteiger partial charge in [-0.05, 0) is 34.9 Å². The van der Waals surface area contributed by atoms with Crippen LogP contribution in [-0.2, 0) is 9.53 Å². The van der Waals surface area contributed by atoms with Crippen LogP contribution in [0.25, 0.3) is 22.5 Å². The minimum absolute atomic E-state index is 0.174. The van der Waals surface area contributed by atoms with E-state index in [1.807, 2.05) is 48.5 Å². The van der Waals surface area contributed by atoms with Crippen LogP contribution >= 0.6 is 0 Å². The average Bonchev–Trinajstić information content (AvgIpc) is 3.27. The van der Waals surface area contributed by atoms with Crippen molar-refractivity contribution in [1.82, 2.24) is 20.6 Å². The van der Waals surface area contributed by atoms with Crippen LogP contribution in [0.15, 0.2) is 48.5 Å². The molecule has 0 fully saturated rings. The first-order chi connectivity index (χ1) is 13.7. The Labute approximate surface area is 164 Å². The zero-order valence-corrected chi connectivity index (χ0v) is 16.0. The zero-order valence-electron chi connectivity index (χ0n) is 16.0. The topological polar surface area (TPSA) is 107 Å². The van der Waals surface area contributed by atoms with Crippen molar-refractivity contribution < 1.29 is 9.53 Å². The molecule has 0 bridgehead atoms. The fourth-order valence-electron chi connectivity index (χ4n) is 3.07. The summed E-state index contributed by atoms with van der Waals surface area (Å²) in [7, 11) is 0. The van der Waals surface area contributed by atoms with E-state index in [1.165, 1.54) is 0 Å². The average molecular weight is 379 g/mol. The van der Waals surface area contributed by atoms with Crippen molar-refractivity contribution in [3.05, 3.63) is 54.1 Å². The number of carbonyl (C=O) groups is 1. The molecule has 0 aliphatic heterocycles. The number of aromatic nitrogens is 4. The van der Waals surface area contributed by atoms with Crippen molar-refractivity contribution in [2.45, 2.75) is 38.7 Å². The van der Waals surface area contributed by atoms with Crippen LogP contribution in [0, 0.1) is 0 Å². The smallest absolute Gasteiger partial charge is 0.306 e. The van der Waals surface area contributed by atoms with Gasteiger partial charge in [0.1, 0.15) is 6.10 Å². The Balaban J connectivity index is 1.82. The predicted octanol–water partition coefficient (Wildman–Crippen LogP) is 3.66. The van der Waals surface area contributed by atoms with Gasteiger partial charge in [0, 0.05) is 18.4 Å². The molecule has 1 heterocycles. The number of nitrogens with two attached hydrogens (primary N) is 1. The number of hydrogen-bond acceptors (Lipinski definition) is 6. The maximum Gasteiger partial charge on any atom is 0.306 e. The van der Waals surface area contributed by atoms with E-state index in [-0.39, 0.29) is 12.1 Å². The Morgan fingerprint density at radius 3 is 2.54 bits per heavy atom. The van der Waals surface area contributed by atoms with Gasteiger partial charge in [0.15, 0.2) is 0 Å². The Kier molecular flexibility index (Phi) is 6.86. The Morgan fingerprint density at radius 1 is 1.14 bits per heavy atom. The van der Waals surface area contributed by atoms with E-state index in [0.717, 1.165) is 35.1 Å². The Morgan fingerprint density at radius 2 is 1.89 bits per heavy atom. The number of benzene rings is 2. The van der Waals surface area contributed by atoms with Gasteiger partial charge in [0.25, 0.3) is 0 Å². The summed E-state index contributed by atoms with van der Waals surface area (Å²) in [4.78, 5) is 12.0. The first kappa shape index (κ1) is 19.7. The summed E-state index contributed by atoms with van der Waals surface area (Å²) >= 11 is 0. The summed E-state index contributed by atoms with van der Waals surface area (Å²) in [6, 6.07) is 15.9. The highest BCUT2D eigenvalue weighted by atomic mass is 16.5. The minimum atomic E-state index is -0.323.